The summed E-state index contributed by atoms with van der Waals surface area (Å²) in [6.45, 7) is 7.95. The van der Waals surface area contributed by atoms with Gasteiger partial charge in [0.2, 0.25) is 0 Å². The largest absolute Gasteiger partial charge is 0.385 e. The Kier molecular flexibility index (Phi) is 4.92. The lowest BCUT2D eigenvalue weighted by atomic mass is 10.1. The molecule has 1 aromatic heterocycles. The van der Waals surface area contributed by atoms with Gasteiger partial charge in [0.25, 0.3) is 5.91 Å². The summed E-state index contributed by atoms with van der Waals surface area (Å²) >= 11 is 0. The molecule has 21 heavy (non-hydrogen) atoms. The molecule has 2 rings (SSSR count). The highest BCUT2D eigenvalue weighted by atomic mass is 16.1. The molecule has 0 bridgehead atoms. The molecule has 2 N–H and O–H groups in total. The number of aromatic nitrogens is 3. The van der Waals surface area contributed by atoms with Crippen LogP contribution in [0.2, 0.25) is 0 Å². The van der Waals surface area contributed by atoms with Crippen LogP contribution >= 0.6 is 0 Å². The summed E-state index contributed by atoms with van der Waals surface area (Å²) in [6, 6.07) is 5.75. The molecule has 0 radical (unpaired) electrons. The lowest BCUT2D eigenvalue weighted by molar-refractivity contribution is 0.0950. The van der Waals surface area contributed by atoms with Crippen LogP contribution in [0.25, 0.3) is 0 Å². The lowest BCUT2D eigenvalue weighted by Crippen LogP contribution is -2.25. The fourth-order valence-corrected chi connectivity index (χ4v) is 2.13. The van der Waals surface area contributed by atoms with Crippen LogP contribution < -0.4 is 10.6 Å². The monoisotopic (exact) mass is 287 g/mol. The number of nitrogens with zero attached hydrogens (tertiary/aromatic N) is 3. The lowest BCUT2D eigenvalue weighted by Gasteiger charge is -2.12. The quantitative estimate of drug-likeness (QED) is 0.852. The van der Waals surface area contributed by atoms with Crippen LogP contribution in [0.4, 0.5) is 5.69 Å². The summed E-state index contributed by atoms with van der Waals surface area (Å²) in [5.41, 5.74) is 2.62. The maximum absolute atomic E-state index is 12.3. The van der Waals surface area contributed by atoms with E-state index in [4.69, 9.17) is 0 Å². The predicted molar refractivity (Wildman–Crippen MR) is 82.2 cm³/mol. The van der Waals surface area contributed by atoms with Crippen molar-refractivity contribution in [1.29, 1.82) is 0 Å². The van der Waals surface area contributed by atoms with E-state index in [9.17, 15) is 4.79 Å². The van der Waals surface area contributed by atoms with Gasteiger partial charge in [0.15, 0.2) is 5.82 Å². The number of rotatable bonds is 6. The van der Waals surface area contributed by atoms with Gasteiger partial charge >= 0.3 is 0 Å². The minimum atomic E-state index is -0.114. The molecule has 0 aliphatic carbocycles. The highest BCUT2D eigenvalue weighted by Crippen LogP contribution is 2.17. The predicted octanol–water partition coefficient (Wildman–Crippen LogP) is 1.97. The number of carbonyl (C=O) groups is 1. The van der Waals surface area contributed by atoms with Gasteiger partial charge in [0.1, 0.15) is 6.33 Å². The van der Waals surface area contributed by atoms with E-state index in [0.29, 0.717) is 12.1 Å². The molecule has 1 aromatic carbocycles. The number of carbonyl (C=O) groups excluding carboxylic acids is 1. The topological polar surface area (TPSA) is 71.8 Å². The average Bonchev–Trinajstić information content (AvgIpc) is 2.93. The zero-order chi connectivity index (χ0) is 15.2. The van der Waals surface area contributed by atoms with Crippen molar-refractivity contribution < 1.29 is 4.79 Å². The number of anilines is 1. The van der Waals surface area contributed by atoms with Crippen LogP contribution in [0.1, 0.15) is 35.6 Å². The average molecular weight is 287 g/mol. The molecular formula is C15H21N5O. The molecule has 0 saturated carbocycles. The van der Waals surface area contributed by atoms with Gasteiger partial charge in [0.05, 0.1) is 12.1 Å². The smallest absolute Gasteiger partial charge is 0.253 e. The van der Waals surface area contributed by atoms with Crippen LogP contribution in [-0.4, -0.2) is 27.2 Å². The molecule has 1 heterocycles. The molecule has 0 aliphatic rings. The standard InChI is InChI=1S/C15H21N5O/c1-4-16-13-8-11(3)6-7-12(13)15(21)17-9-14-19-18-10-20(14)5-2/h6-8,10,16H,4-5,9H2,1-3H3,(H,17,21). The Morgan fingerprint density at radius 2 is 2.14 bits per heavy atom. The van der Waals surface area contributed by atoms with Gasteiger partial charge in [0, 0.05) is 18.8 Å². The highest BCUT2D eigenvalue weighted by Gasteiger charge is 2.12. The van der Waals surface area contributed by atoms with Crippen molar-refractivity contribution in [2.45, 2.75) is 33.9 Å². The van der Waals surface area contributed by atoms with E-state index in [1.54, 1.807) is 6.33 Å². The Balaban J connectivity index is 2.10. The number of aryl methyl sites for hydroxylation is 2. The van der Waals surface area contributed by atoms with E-state index in [1.807, 2.05) is 43.5 Å². The molecule has 0 saturated heterocycles. The van der Waals surface area contributed by atoms with Crippen LogP contribution in [-0.2, 0) is 13.1 Å². The number of nitrogens with one attached hydrogen (secondary N) is 2. The van der Waals surface area contributed by atoms with Crippen molar-refractivity contribution in [1.82, 2.24) is 20.1 Å². The fraction of sp³-hybridized carbons (Fsp3) is 0.400. The molecule has 112 valence electrons. The Bertz CT molecular complexity index is 620. The summed E-state index contributed by atoms with van der Waals surface area (Å²) in [7, 11) is 0. The van der Waals surface area contributed by atoms with Crippen molar-refractivity contribution in [3.05, 3.63) is 41.5 Å². The van der Waals surface area contributed by atoms with E-state index in [1.165, 1.54) is 0 Å². The first kappa shape index (κ1) is 15.0. The van der Waals surface area contributed by atoms with Gasteiger partial charge in [-0.2, -0.15) is 0 Å². The van der Waals surface area contributed by atoms with Crippen molar-refractivity contribution in [3.63, 3.8) is 0 Å². The zero-order valence-corrected chi connectivity index (χ0v) is 12.7. The van der Waals surface area contributed by atoms with Crippen molar-refractivity contribution >= 4 is 11.6 Å². The number of amides is 1. The molecule has 0 atom stereocenters. The second-order valence-corrected chi connectivity index (χ2v) is 4.80. The Labute approximate surface area is 124 Å². The second-order valence-electron chi connectivity index (χ2n) is 4.80. The Morgan fingerprint density at radius 3 is 2.86 bits per heavy atom. The van der Waals surface area contributed by atoms with Crippen LogP contribution in [0.3, 0.4) is 0 Å². The Hall–Kier alpha value is -2.37. The first-order valence-electron chi connectivity index (χ1n) is 7.15. The zero-order valence-electron chi connectivity index (χ0n) is 12.7. The molecule has 2 aromatic rings. The molecule has 0 unspecified atom stereocenters. The molecule has 1 amide bonds. The highest BCUT2D eigenvalue weighted by molar-refractivity contribution is 5.99. The molecular weight excluding hydrogens is 266 g/mol. The summed E-state index contributed by atoms with van der Waals surface area (Å²) in [6.07, 6.45) is 1.66. The van der Waals surface area contributed by atoms with Gasteiger partial charge in [-0.15, -0.1) is 10.2 Å². The van der Waals surface area contributed by atoms with E-state index >= 15 is 0 Å². The van der Waals surface area contributed by atoms with Crippen LogP contribution in [0, 0.1) is 6.92 Å². The number of hydrogen-bond donors (Lipinski definition) is 2. The van der Waals surface area contributed by atoms with Gasteiger partial charge in [-0.25, -0.2) is 0 Å². The molecule has 0 spiro atoms. The Morgan fingerprint density at radius 1 is 1.33 bits per heavy atom. The molecule has 6 nitrogen and oxygen atoms in total. The maximum Gasteiger partial charge on any atom is 0.253 e. The second kappa shape index (κ2) is 6.88. The minimum absolute atomic E-state index is 0.114. The van der Waals surface area contributed by atoms with E-state index in [2.05, 4.69) is 20.8 Å². The number of benzene rings is 1. The normalized spacial score (nSPS) is 10.4. The summed E-state index contributed by atoms with van der Waals surface area (Å²) < 4.78 is 1.90. The van der Waals surface area contributed by atoms with E-state index in [-0.39, 0.29) is 5.91 Å². The van der Waals surface area contributed by atoms with Crippen molar-refractivity contribution in [2.75, 3.05) is 11.9 Å². The van der Waals surface area contributed by atoms with Gasteiger partial charge < -0.3 is 15.2 Å². The molecule has 0 aliphatic heterocycles. The van der Waals surface area contributed by atoms with Gasteiger partial charge in [-0.3, -0.25) is 4.79 Å². The van der Waals surface area contributed by atoms with Gasteiger partial charge in [-0.05, 0) is 38.5 Å². The SMILES string of the molecule is CCNc1cc(C)ccc1C(=O)NCc1nncn1CC. The minimum Gasteiger partial charge on any atom is -0.385 e. The van der Waals surface area contributed by atoms with E-state index < -0.39 is 0 Å². The first-order valence-corrected chi connectivity index (χ1v) is 7.15. The summed E-state index contributed by atoms with van der Waals surface area (Å²) in [5.74, 6) is 0.638. The summed E-state index contributed by atoms with van der Waals surface area (Å²) in [5, 5.41) is 14.0. The van der Waals surface area contributed by atoms with Gasteiger partial charge in [-0.1, -0.05) is 6.07 Å². The third-order valence-corrected chi connectivity index (χ3v) is 3.23. The maximum atomic E-state index is 12.3. The number of hydrogen-bond acceptors (Lipinski definition) is 4. The fourth-order valence-electron chi connectivity index (χ4n) is 2.13. The van der Waals surface area contributed by atoms with Crippen LogP contribution in [0.5, 0.6) is 0 Å². The van der Waals surface area contributed by atoms with Crippen molar-refractivity contribution in [3.8, 4) is 0 Å². The summed E-state index contributed by atoms with van der Waals surface area (Å²) in [4.78, 5) is 12.3. The molecule has 0 fully saturated rings. The van der Waals surface area contributed by atoms with Crippen LogP contribution in [0.15, 0.2) is 24.5 Å². The molecule has 6 heteroatoms. The van der Waals surface area contributed by atoms with Crippen molar-refractivity contribution in [2.24, 2.45) is 0 Å². The first-order chi connectivity index (χ1) is 10.2. The third-order valence-electron chi connectivity index (χ3n) is 3.23. The third kappa shape index (κ3) is 3.59. The van der Waals surface area contributed by atoms with E-state index in [0.717, 1.165) is 30.2 Å².